The molecule has 0 fully saturated rings. The van der Waals surface area contributed by atoms with Gasteiger partial charge in [-0.15, -0.1) is 11.3 Å². The van der Waals surface area contributed by atoms with Crippen LogP contribution in [0.4, 0.5) is 0 Å². The molecule has 0 saturated carbocycles. The normalized spacial score (nSPS) is 12.3. The predicted molar refractivity (Wildman–Crippen MR) is 75.2 cm³/mol. The molecule has 6 nitrogen and oxygen atoms in total. The molecule has 20 heavy (non-hydrogen) atoms. The summed E-state index contributed by atoms with van der Waals surface area (Å²) in [5, 5.41) is 11.6. The van der Waals surface area contributed by atoms with E-state index in [-0.39, 0.29) is 18.2 Å². The van der Waals surface area contributed by atoms with Crippen LogP contribution in [0, 0.1) is 13.8 Å². The van der Waals surface area contributed by atoms with E-state index in [1.54, 1.807) is 20.0 Å². The number of aryl methyl sites for hydroxylation is 1. The van der Waals surface area contributed by atoms with Crippen LogP contribution in [0.5, 0.6) is 0 Å². The van der Waals surface area contributed by atoms with Crippen LogP contribution in [-0.2, 0) is 11.2 Å². The number of hydrogen-bond acceptors (Lipinski definition) is 5. The molecular weight excluding hydrogens is 278 g/mol. The minimum absolute atomic E-state index is 0.143. The second kappa shape index (κ2) is 5.54. The van der Waals surface area contributed by atoms with E-state index >= 15 is 0 Å². The third-order valence-electron chi connectivity index (χ3n) is 3.23. The first-order chi connectivity index (χ1) is 9.41. The summed E-state index contributed by atoms with van der Waals surface area (Å²) in [5.74, 6) is -0.940. The fourth-order valence-electron chi connectivity index (χ4n) is 2.23. The number of aliphatic carboxylic acids is 1. The minimum atomic E-state index is -0.940. The molecule has 2 aromatic rings. The molecule has 0 saturated heterocycles. The average molecular weight is 293 g/mol. The Bertz CT molecular complexity index is 692. The van der Waals surface area contributed by atoms with Gasteiger partial charge in [-0.05, 0) is 20.8 Å². The van der Waals surface area contributed by atoms with Crippen LogP contribution in [0.15, 0.2) is 16.4 Å². The van der Waals surface area contributed by atoms with Gasteiger partial charge in [0.15, 0.2) is 0 Å². The number of hydrogen-bond donors (Lipinski definition) is 1. The number of carbonyl (C=O) groups is 1. The van der Waals surface area contributed by atoms with Gasteiger partial charge in [0.1, 0.15) is 5.01 Å². The SMILES string of the molecule is Cc1nc(=O)n(C(C)c2nccs2)c(C)c1CC(=O)O. The topological polar surface area (TPSA) is 85.1 Å². The van der Waals surface area contributed by atoms with Crippen molar-refractivity contribution < 1.29 is 9.90 Å². The molecule has 0 spiro atoms. The Morgan fingerprint density at radius 2 is 2.20 bits per heavy atom. The first-order valence-electron chi connectivity index (χ1n) is 6.11. The Morgan fingerprint density at radius 3 is 2.75 bits per heavy atom. The molecule has 0 amide bonds. The van der Waals surface area contributed by atoms with Crippen LogP contribution in [0.1, 0.15) is 34.9 Å². The summed E-state index contributed by atoms with van der Waals surface area (Å²) >= 11 is 1.45. The van der Waals surface area contributed by atoms with Gasteiger partial charge in [-0.3, -0.25) is 9.36 Å². The summed E-state index contributed by atoms with van der Waals surface area (Å²) in [5.41, 5.74) is 1.31. The maximum Gasteiger partial charge on any atom is 0.348 e. The molecule has 0 aliphatic heterocycles. The zero-order chi connectivity index (χ0) is 14.9. The quantitative estimate of drug-likeness (QED) is 0.924. The van der Waals surface area contributed by atoms with Crippen molar-refractivity contribution >= 4 is 17.3 Å². The van der Waals surface area contributed by atoms with Crippen LogP contribution >= 0.6 is 11.3 Å². The lowest BCUT2D eigenvalue weighted by atomic mass is 10.1. The van der Waals surface area contributed by atoms with Crippen LogP contribution in [0.3, 0.4) is 0 Å². The fraction of sp³-hybridized carbons (Fsp3) is 0.385. The maximum atomic E-state index is 12.1. The van der Waals surface area contributed by atoms with Crippen molar-refractivity contribution in [3.05, 3.63) is 44.0 Å². The number of carboxylic acids is 1. The van der Waals surface area contributed by atoms with Crippen LogP contribution < -0.4 is 5.69 Å². The van der Waals surface area contributed by atoms with Crippen molar-refractivity contribution in [3.8, 4) is 0 Å². The molecule has 0 aliphatic rings. The molecule has 0 bridgehead atoms. The van der Waals surface area contributed by atoms with E-state index in [0.29, 0.717) is 17.0 Å². The summed E-state index contributed by atoms with van der Waals surface area (Å²) in [6.45, 7) is 5.26. The van der Waals surface area contributed by atoms with Gasteiger partial charge in [-0.2, -0.15) is 4.98 Å². The van der Waals surface area contributed by atoms with Crippen molar-refractivity contribution in [2.75, 3.05) is 0 Å². The highest BCUT2D eigenvalue weighted by Gasteiger charge is 2.19. The summed E-state index contributed by atoms with van der Waals surface area (Å²) in [7, 11) is 0. The first kappa shape index (κ1) is 14.4. The monoisotopic (exact) mass is 293 g/mol. The predicted octanol–water partition coefficient (Wildman–Crippen LogP) is 1.55. The van der Waals surface area contributed by atoms with Crippen molar-refractivity contribution in [1.29, 1.82) is 0 Å². The van der Waals surface area contributed by atoms with E-state index in [9.17, 15) is 9.59 Å². The Morgan fingerprint density at radius 1 is 1.50 bits per heavy atom. The van der Waals surface area contributed by atoms with Crippen LogP contribution in [-0.4, -0.2) is 25.6 Å². The molecule has 2 aromatic heterocycles. The largest absolute Gasteiger partial charge is 0.481 e. The molecular formula is C13H15N3O3S. The smallest absolute Gasteiger partial charge is 0.348 e. The highest BCUT2D eigenvalue weighted by Crippen LogP contribution is 2.21. The highest BCUT2D eigenvalue weighted by molar-refractivity contribution is 7.09. The molecule has 1 N–H and O–H groups in total. The summed E-state index contributed by atoms with van der Waals surface area (Å²) in [6, 6.07) is -0.261. The Hall–Kier alpha value is -2.02. The van der Waals surface area contributed by atoms with E-state index in [0.717, 1.165) is 5.01 Å². The second-order valence-corrected chi connectivity index (χ2v) is 5.46. The standard InChI is InChI=1S/C13H15N3O3S/c1-7-10(6-11(17)18)8(2)16(13(19)15-7)9(3)12-14-4-5-20-12/h4-5,9H,6H2,1-3H3,(H,17,18). The lowest BCUT2D eigenvalue weighted by Gasteiger charge is -2.18. The number of nitrogens with zero attached hydrogens (tertiary/aromatic N) is 3. The average Bonchev–Trinajstić information content (AvgIpc) is 2.87. The Labute approximate surface area is 119 Å². The van der Waals surface area contributed by atoms with E-state index in [4.69, 9.17) is 5.11 Å². The minimum Gasteiger partial charge on any atom is -0.481 e. The molecule has 0 aliphatic carbocycles. The van der Waals surface area contributed by atoms with Crippen molar-refractivity contribution in [2.24, 2.45) is 0 Å². The lowest BCUT2D eigenvalue weighted by Crippen LogP contribution is -2.31. The number of rotatable bonds is 4. The van der Waals surface area contributed by atoms with Gasteiger partial charge < -0.3 is 5.11 Å². The molecule has 0 radical (unpaired) electrons. The van der Waals surface area contributed by atoms with Gasteiger partial charge in [0, 0.05) is 28.5 Å². The number of thiazole rings is 1. The zero-order valence-electron chi connectivity index (χ0n) is 11.5. The third kappa shape index (κ3) is 2.62. The Balaban J connectivity index is 2.58. The zero-order valence-corrected chi connectivity index (χ0v) is 12.3. The van der Waals surface area contributed by atoms with E-state index in [1.165, 1.54) is 15.9 Å². The Kier molecular flexibility index (Phi) is 3.99. The molecule has 2 rings (SSSR count). The number of aromatic nitrogens is 3. The third-order valence-corrected chi connectivity index (χ3v) is 4.17. The van der Waals surface area contributed by atoms with Gasteiger partial charge in [0.05, 0.1) is 12.5 Å². The molecule has 2 heterocycles. The summed E-state index contributed by atoms with van der Waals surface area (Å²) in [4.78, 5) is 31.2. The maximum absolute atomic E-state index is 12.1. The summed E-state index contributed by atoms with van der Waals surface area (Å²) in [6.07, 6.45) is 1.53. The first-order valence-corrected chi connectivity index (χ1v) is 6.99. The highest BCUT2D eigenvalue weighted by atomic mass is 32.1. The molecule has 1 unspecified atom stereocenters. The van der Waals surface area contributed by atoms with E-state index < -0.39 is 5.97 Å². The lowest BCUT2D eigenvalue weighted by molar-refractivity contribution is -0.136. The molecule has 7 heteroatoms. The van der Waals surface area contributed by atoms with Gasteiger partial charge in [0.2, 0.25) is 0 Å². The second-order valence-electron chi connectivity index (χ2n) is 4.53. The summed E-state index contributed by atoms with van der Waals surface area (Å²) < 4.78 is 1.50. The number of carboxylic acid groups (broad SMARTS) is 1. The molecule has 106 valence electrons. The fourth-order valence-corrected chi connectivity index (χ4v) is 2.92. The van der Waals surface area contributed by atoms with E-state index in [2.05, 4.69) is 9.97 Å². The van der Waals surface area contributed by atoms with Gasteiger partial charge in [-0.1, -0.05) is 0 Å². The van der Waals surface area contributed by atoms with Gasteiger partial charge >= 0.3 is 11.7 Å². The van der Waals surface area contributed by atoms with Crippen molar-refractivity contribution in [2.45, 2.75) is 33.2 Å². The van der Waals surface area contributed by atoms with Gasteiger partial charge in [-0.25, -0.2) is 9.78 Å². The van der Waals surface area contributed by atoms with Gasteiger partial charge in [0.25, 0.3) is 0 Å². The van der Waals surface area contributed by atoms with Crippen molar-refractivity contribution in [1.82, 2.24) is 14.5 Å². The van der Waals surface area contributed by atoms with Crippen LogP contribution in [0.2, 0.25) is 0 Å². The molecule has 1 atom stereocenters. The van der Waals surface area contributed by atoms with E-state index in [1.807, 2.05) is 12.3 Å². The van der Waals surface area contributed by atoms with Crippen LogP contribution in [0.25, 0.3) is 0 Å². The molecule has 0 aromatic carbocycles. The van der Waals surface area contributed by atoms with Crippen molar-refractivity contribution in [3.63, 3.8) is 0 Å².